The molecule has 3 N–H and O–H groups in total. The van der Waals surface area contributed by atoms with E-state index in [2.05, 4.69) is 0 Å². The molecule has 0 aromatic heterocycles. The number of benzene rings is 1. The minimum absolute atomic E-state index is 0.0334. The second kappa shape index (κ2) is 26.4. The fraction of sp³-hybridized carbons (Fsp3) is 0.609. The molecule has 1 aromatic carbocycles. The summed E-state index contributed by atoms with van der Waals surface area (Å²) in [4.78, 5) is 10.1. The molecule has 0 atom stereocenters. The molecule has 0 saturated heterocycles. The molecular formula is C23H38O10. The molecule has 10 heteroatoms. The van der Waals surface area contributed by atoms with Gasteiger partial charge in [0.05, 0.1) is 92.5 Å². The normalized spacial score (nSPS) is 10.8. The Morgan fingerprint density at radius 1 is 0.606 bits per heavy atom. The average Bonchev–Trinajstić information content (AvgIpc) is 2.83. The lowest BCUT2D eigenvalue weighted by atomic mass is 10.2. The molecule has 0 bridgehead atoms. The van der Waals surface area contributed by atoms with Crippen LogP contribution < -0.4 is 0 Å². The minimum Gasteiger partial charge on any atom is -0.478 e. The molecule has 0 fully saturated rings. The monoisotopic (exact) mass is 474 g/mol. The standard InChI is InChI=1S/C14H30O8.C9H8O2/c15-1-3-17-5-7-19-9-11-21-13-14-22-12-10-20-8-6-18-4-2-16;10-9(11)7-6-8-4-2-1-3-5-8/h15-16H,1-14H2;1-7H,(H,10,11). The molecule has 0 aliphatic heterocycles. The van der Waals surface area contributed by atoms with E-state index in [-0.39, 0.29) is 13.2 Å². The molecule has 0 unspecified atom stereocenters. The van der Waals surface area contributed by atoms with Crippen molar-refractivity contribution < 1.29 is 48.5 Å². The Balaban J connectivity index is 0.000000771. The lowest BCUT2D eigenvalue weighted by molar-refractivity contribution is -0.131. The van der Waals surface area contributed by atoms with Crippen LogP contribution in [0, 0.1) is 0 Å². The number of aliphatic carboxylic acids is 1. The highest BCUT2D eigenvalue weighted by atomic mass is 16.6. The van der Waals surface area contributed by atoms with Gasteiger partial charge in [0, 0.05) is 6.08 Å². The van der Waals surface area contributed by atoms with E-state index in [9.17, 15) is 4.79 Å². The van der Waals surface area contributed by atoms with Gasteiger partial charge >= 0.3 is 5.97 Å². The van der Waals surface area contributed by atoms with Crippen LogP contribution in [0.15, 0.2) is 36.4 Å². The molecule has 190 valence electrons. The summed E-state index contributed by atoms with van der Waals surface area (Å²) in [5, 5.41) is 25.3. The van der Waals surface area contributed by atoms with Gasteiger partial charge < -0.3 is 43.7 Å². The van der Waals surface area contributed by atoms with Crippen molar-refractivity contribution in [1.82, 2.24) is 0 Å². The summed E-state index contributed by atoms with van der Waals surface area (Å²) in [5.74, 6) is -0.922. The molecule has 33 heavy (non-hydrogen) atoms. The highest BCUT2D eigenvalue weighted by Gasteiger charge is 1.93. The number of carboxylic acids is 1. The zero-order valence-corrected chi connectivity index (χ0v) is 19.1. The predicted octanol–water partition coefficient (Wildman–Crippen LogP) is 0.855. The van der Waals surface area contributed by atoms with Crippen molar-refractivity contribution in [1.29, 1.82) is 0 Å². The topological polar surface area (TPSA) is 133 Å². The number of rotatable bonds is 21. The summed E-state index contributed by atoms with van der Waals surface area (Å²) >= 11 is 0. The maximum Gasteiger partial charge on any atom is 0.328 e. The second-order valence-electron chi connectivity index (χ2n) is 6.20. The number of carboxylic acid groups (broad SMARTS) is 1. The van der Waals surface area contributed by atoms with Gasteiger partial charge in [0.2, 0.25) is 0 Å². The van der Waals surface area contributed by atoms with E-state index < -0.39 is 5.97 Å². The van der Waals surface area contributed by atoms with Crippen LogP contribution in [0.25, 0.3) is 6.08 Å². The van der Waals surface area contributed by atoms with Gasteiger partial charge in [-0.25, -0.2) is 4.79 Å². The fourth-order valence-corrected chi connectivity index (χ4v) is 2.06. The second-order valence-corrected chi connectivity index (χ2v) is 6.20. The van der Waals surface area contributed by atoms with Gasteiger partial charge in [-0.2, -0.15) is 0 Å². The number of aliphatic hydroxyl groups excluding tert-OH is 2. The Bertz CT molecular complexity index is 533. The summed E-state index contributed by atoms with van der Waals surface area (Å²) in [7, 11) is 0. The van der Waals surface area contributed by atoms with Crippen LogP contribution in [0.5, 0.6) is 0 Å². The van der Waals surface area contributed by atoms with Gasteiger partial charge in [-0.05, 0) is 11.6 Å². The highest BCUT2D eigenvalue weighted by Crippen LogP contribution is 1.99. The number of hydrogen-bond acceptors (Lipinski definition) is 9. The van der Waals surface area contributed by atoms with Crippen molar-refractivity contribution in [2.75, 3.05) is 92.5 Å². The smallest absolute Gasteiger partial charge is 0.328 e. The maximum absolute atomic E-state index is 10.1. The molecular weight excluding hydrogens is 436 g/mol. The van der Waals surface area contributed by atoms with Crippen molar-refractivity contribution in [3.8, 4) is 0 Å². The summed E-state index contributed by atoms with van der Waals surface area (Å²) in [5.41, 5.74) is 0.898. The minimum atomic E-state index is -0.922. The third-order valence-electron chi connectivity index (χ3n) is 3.55. The Kier molecular flexibility index (Phi) is 24.9. The van der Waals surface area contributed by atoms with Crippen LogP contribution in [0.3, 0.4) is 0 Å². The van der Waals surface area contributed by atoms with Crippen molar-refractivity contribution in [3.05, 3.63) is 42.0 Å². The quantitative estimate of drug-likeness (QED) is 0.174. The largest absolute Gasteiger partial charge is 0.478 e. The third kappa shape index (κ3) is 26.2. The first-order valence-corrected chi connectivity index (χ1v) is 10.8. The molecule has 0 aliphatic rings. The molecule has 0 saturated carbocycles. The lowest BCUT2D eigenvalue weighted by Gasteiger charge is -2.07. The fourth-order valence-electron chi connectivity index (χ4n) is 2.06. The Morgan fingerprint density at radius 2 is 0.939 bits per heavy atom. The van der Waals surface area contributed by atoms with Crippen molar-refractivity contribution in [3.63, 3.8) is 0 Å². The molecule has 0 amide bonds. The van der Waals surface area contributed by atoms with E-state index >= 15 is 0 Å². The van der Waals surface area contributed by atoms with E-state index in [0.717, 1.165) is 11.6 Å². The van der Waals surface area contributed by atoms with Gasteiger partial charge in [0.25, 0.3) is 0 Å². The van der Waals surface area contributed by atoms with Crippen molar-refractivity contribution >= 4 is 12.0 Å². The lowest BCUT2D eigenvalue weighted by Crippen LogP contribution is -2.14. The summed E-state index contributed by atoms with van der Waals surface area (Å²) in [6.07, 6.45) is 2.68. The molecule has 0 aliphatic carbocycles. The Hall–Kier alpha value is -1.89. The summed E-state index contributed by atoms with van der Waals surface area (Å²) in [6.45, 7) is 5.81. The van der Waals surface area contributed by atoms with Gasteiger partial charge in [-0.1, -0.05) is 30.3 Å². The summed E-state index contributed by atoms with van der Waals surface area (Å²) < 4.78 is 31.2. The van der Waals surface area contributed by atoms with Crippen LogP contribution in [-0.2, 0) is 33.2 Å². The zero-order chi connectivity index (χ0) is 24.2. The molecule has 0 heterocycles. The van der Waals surface area contributed by atoms with Gasteiger partial charge in [-0.15, -0.1) is 0 Å². The van der Waals surface area contributed by atoms with E-state index in [0.29, 0.717) is 79.3 Å². The van der Waals surface area contributed by atoms with Crippen LogP contribution >= 0.6 is 0 Å². The molecule has 0 radical (unpaired) electrons. The first-order valence-electron chi connectivity index (χ1n) is 10.8. The Labute approximate surface area is 195 Å². The summed E-state index contributed by atoms with van der Waals surface area (Å²) in [6, 6.07) is 9.31. The first-order chi connectivity index (χ1) is 16.2. The molecule has 1 rings (SSSR count). The molecule has 1 aromatic rings. The zero-order valence-electron chi connectivity index (χ0n) is 19.1. The van der Waals surface area contributed by atoms with Gasteiger partial charge in [0.1, 0.15) is 0 Å². The van der Waals surface area contributed by atoms with E-state index in [1.54, 1.807) is 6.08 Å². The number of carbonyl (C=O) groups is 1. The van der Waals surface area contributed by atoms with Crippen LogP contribution in [0.1, 0.15) is 5.56 Å². The van der Waals surface area contributed by atoms with E-state index in [1.807, 2.05) is 30.3 Å². The third-order valence-corrected chi connectivity index (χ3v) is 3.55. The van der Waals surface area contributed by atoms with Crippen LogP contribution in [0.4, 0.5) is 0 Å². The number of hydrogen-bond donors (Lipinski definition) is 3. The van der Waals surface area contributed by atoms with Crippen molar-refractivity contribution in [2.45, 2.75) is 0 Å². The van der Waals surface area contributed by atoms with E-state index in [4.69, 9.17) is 43.7 Å². The van der Waals surface area contributed by atoms with E-state index in [1.165, 1.54) is 0 Å². The molecule has 0 spiro atoms. The number of ether oxygens (including phenoxy) is 6. The van der Waals surface area contributed by atoms with Crippen molar-refractivity contribution in [2.24, 2.45) is 0 Å². The Morgan fingerprint density at radius 3 is 1.24 bits per heavy atom. The number of aliphatic hydroxyl groups is 2. The predicted molar refractivity (Wildman–Crippen MR) is 122 cm³/mol. The highest BCUT2D eigenvalue weighted by molar-refractivity contribution is 5.85. The van der Waals surface area contributed by atoms with Crippen LogP contribution in [0.2, 0.25) is 0 Å². The average molecular weight is 475 g/mol. The first kappa shape index (κ1) is 31.1. The van der Waals surface area contributed by atoms with Gasteiger partial charge in [0.15, 0.2) is 0 Å². The SMILES string of the molecule is O=C(O)C=Cc1ccccc1.OCCOCCOCCOCCOCCOCCOCCO. The van der Waals surface area contributed by atoms with Crippen LogP contribution in [-0.4, -0.2) is 114 Å². The molecule has 10 nitrogen and oxygen atoms in total. The van der Waals surface area contributed by atoms with Gasteiger partial charge in [-0.3, -0.25) is 0 Å². The maximum atomic E-state index is 10.1.